The maximum Gasteiger partial charge on any atom is 0.123 e. The lowest BCUT2D eigenvalue weighted by Gasteiger charge is -2.12. The summed E-state index contributed by atoms with van der Waals surface area (Å²) in [6.07, 6.45) is 7.38. The van der Waals surface area contributed by atoms with E-state index < -0.39 is 0 Å². The van der Waals surface area contributed by atoms with Crippen molar-refractivity contribution in [3.8, 4) is 0 Å². The van der Waals surface area contributed by atoms with Crippen molar-refractivity contribution in [2.45, 2.75) is 45.6 Å². The largest absolute Gasteiger partial charge is 0.389 e. The maximum absolute atomic E-state index is 9.98. The van der Waals surface area contributed by atoms with Crippen LogP contribution in [0.1, 0.15) is 39.5 Å². The van der Waals surface area contributed by atoms with Crippen molar-refractivity contribution in [3.05, 3.63) is 12.2 Å². The number of rotatable bonds is 7. The highest BCUT2D eigenvalue weighted by Gasteiger charge is 2.05. The highest BCUT2D eigenvalue weighted by Crippen LogP contribution is 2.12. The van der Waals surface area contributed by atoms with E-state index in [1.165, 1.54) is 0 Å². The first-order chi connectivity index (χ1) is 6.20. The van der Waals surface area contributed by atoms with Crippen LogP contribution < -0.4 is 0 Å². The first kappa shape index (κ1) is 12.4. The summed E-state index contributed by atoms with van der Waals surface area (Å²) >= 11 is 0. The van der Waals surface area contributed by atoms with Crippen LogP contribution in [0.4, 0.5) is 0 Å². The van der Waals surface area contributed by atoms with Crippen molar-refractivity contribution in [3.63, 3.8) is 0 Å². The number of hydrogen-bond donors (Lipinski definition) is 1. The first-order valence-electron chi connectivity index (χ1n) is 4.99. The van der Waals surface area contributed by atoms with E-state index in [1.807, 2.05) is 0 Å². The molecule has 2 atom stereocenters. The van der Waals surface area contributed by atoms with Crippen molar-refractivity contribution >= 4 is 6.29 Å². The van der Waals surface area contributed by atoms with Gasteiger partial charge in [0.15, 0.2) is 0 Å². The van der Waals surface area contributed by atoms with E-state index in [1.54, 1.807) is 12.2 Å². The van der Waals surface area contributed by atoms with Gasteiger partial charge in [-0.15, -0.1) is 0 Å². The van der Waals surface area contributed by atoms with Gasteiger partial charge in [-0.25, -0.2) is 0 Å². The van der Waals surface area contributed by atoms with Gasteiger partial charge in [0.25, 0.3) is 0 Å². The van der Waals surface area contributed by atoms with Crippen molar-refractivity contribution in [1.29, 1.82) is 0 Å². The molecule has 0 aliphatic heterocycles. The highest BCUT2D eigenvalue weighted by atomic mass is 16.3. The van der Waals surface area contributed by atoms with E-state index in [-0.39, 0.29) is 6.10 Å². The van der Waals surface area contributed by atoms with Gasteiger partial charge in [-0.2, -0.15) is 0 Å². The summed E-state index contributed by atoms with van der Waals surface area (Å²) in [6, 6.07) is 0. The smallest absolute Gasteiger partial charge is 0.123 e. The van der Waals surface area contributed by atoms with Crippen LogP contribution in [-0.2, 0) is 4.79 Å². The third-order valence-corrected chi connectivity index (χ3v) is 2.02. The second-order valence-electron chi connectivity index (χ2n) is 3.53. The van der Waals surface area contributed by atoms with Gasteiger partial charge >= 0.3 is 0 Å². The Kier molecular flexibility index (Phi) is 7.60. The molecule has 0 fully saturated rings. The van der Waals surface area contributed by atoms with E-state index in [0.717, 1.165) is 25.5 Å². The molecule has 0 aromatic rings. The Morgan fingerprint density at radius 2 is 2.15 bits per heavy atom. The van der Waals surface area contributed by atoms with E-state index in [9.17, 15) is 9.90 Å². The van der Waals surface area contributed by atoms with E-state index in [4.69, 9.17) is 0 Å². The van der Waals surface area contributed by atoms with Gasteiger partial charge in [0.1, 0.15) is 6.29 Å². The maximum atomic E-state index is 9.98. The van der Waals surface area contributed by atoms with Gasteiger partial charge in [0, 0.05) is 6.42 Å². The first-order valence-corrected chi connectivity index (χ1v) is 4.99. The summed E-state index contributed by atoms with van der Waals surface area (Å²) in [5.41, 5.74) is 0. The molecular weight excluding hydrogens is 164 g/mol. The standard InChI is InChI=1S/C11H20O2/c1-3-6-10(2)9-11(13)7-4-5-8-12/h4,7-8,10-11,13H,3,5-6,9H2,1-2H3/b7-4+. The van der Waals surface area contributed by atoms with Gasteiger partial charge in [-0.3, -0.25) is 0 Å². The summed E-state index contributed by atoms with van der Waals surface area (Å²) in [5.74, 6) is 0.556. The minimum Gasteiger partial charge on any atom is -0.389 e. The Labute approximate surface area is 80.7 Å². The molecule has 2 nitrogen and oxygen atoms in total. The molecule has 0 aliphatic rings. The molecule has 0 rings (SSSR count). The Balaban J connectivity index is 3.59. The molecule has 0 saturated heterocycles. The topological polar surface area (TPSA) is 37.3 Å². The average Bonchev–Trinajstić information content (AvgIpc) is 2.05. The van der Waals surface area contributed by atoms with Crippen LogP contribution in [0.3, 0.4) is 0 Å². The number of hydrogen-bond acceptors (Lipinski definition) is 2. The molecule has 1 N–H and O–H groups in total. The van der Waals surface area contributed by atoms with Gasteiger partial charge in [0.2, 0.25) is 0 Å². The summed E-state index contributed by atoms with van der Waals surface area (Å²) in [4.78, 5) is 9.98. The number of aliphatic hydroxyl groups excluding tert-OH is 1. The van der Waals surface area contributed by atoms with Crippen LogP contribution >= 0.6 is 0 Å². The zero-order valence-corrected chi connectivity index (χ0v) is 8.57. The second-order valence-corrected chi connectivity index (χ2v) is 3.53. The van der Waals surface area contributed by atoms with Crippen LogP contribution in [0.2, 0.25) is 0 Å². The predicted octanol–water partition coefficient (Wildman–Crippen LogP) is 2.32. The fraction of sp³-hybridized carbons (Fsp3) is 0.727. The van der Waals surface area contributed by atoms with E-state index >= 15 is 0 Å². The molecular formula is C11H20O2. The van der Waals surface area contributed by atoms with Crippen LogP contribution in [0.25, 0.3) is 0 Å². The lowest BCUT2D eigenvalue weighted by Crippen LogP contribution is -2.08. The summed E-state index contributed by atoms with van der Waals surface area (Å²) < 4.78 is 0. The summed E-state index contributed by atoms with van der Waals surface area (Å²) in [6.45, 7) is 4.28. The molecule has 2 unspecified atom stereocenters. The van der Waals surface area contributed by atoms with Crippen molar-refractivity contribution in [2.24, 2.45) is 5.92 Å². The van der Waals surface area contributed by atoms with Crippen molar-refractivity contribution < 1.29 is 9.90 Å². The SMILES string of the molecule is CCCC(C)CC(O)/C=C/CC=O. The fourth-order valence-corrected chi connectivity index (χ4v) is 1.39. The van der Waals surface area contributed by atoms with Crippen LogP contribution in [0.5, 0.6) is 0 Å². The van der Waals surface area contributed by atoms with Crippen LogP contribution in [0.15, 0.2) is 12.2 Å². The number of aldehydes is 1. The van der Waals surface area contributed by atoms with Crippen LogP contribution in [-0.4, -0.2) is 17.5 Å². The second kappa shape index (κ2) is 7.99. The molecule has 0 aromatic heterocycles. The van der Waals surface area contributed by atoms with Crippen LogP contribution in [0, 0.1) is 5.92 Å². The third kappa shape index (κ3) is 7.72. The van der Waals surface area contributed by atoms with Gasteiger partial charge in [-0.1, -0.05) is 38.8 Å². The summed E-state index contributed by atoms with van der Waals surface area (Å²) in [7, 11) is 0. The normalized spacial score (nSPS) is 15.9. The van der Waals surface area contributed by atoms with E-state index in [2.05, 4.69) is 13.8 Å². The Bertz CT molecular complexity index is 152. The lowest BCUT2D eigenvalue weighted by molar-refractivity contribution is -0.107. The van der Waals surface area contributed by atoms with Gasteiger partial charge in [-0.05, 0) is 12.3 Å². The number of carbonyl (C=O) groups is 1. The zero-order chi connectivity index (χ0) is 10.1. The molecule has 0 heterocycles. The molecule has 13 heavy (non-hydrogen) atoms. The third-order valence-electron chi connectivity index (χ3n) is 2.02. The predicted molar refractivity (Wildman–Crippen MR) is 54.5 cm³/mol. The molecule has 0 spiro atoms. The number of carbonyl (C=O) groups excluding carboxylic acids is 1. The minimum atomic E-state index is -0.388. The molecule has 76 valence electrons. The van der Waals surface area contributed by atoms with Crippen molar-refractivity contribution in [1.82, 2.24) is 0 Å². The Morgan fingerprint density at radius 1 is 1.46 bits per heavy atom. The molecule has 0 saturated carbocycles. The lowest BCUT2D eigenvalue weighted by atomic mass is 9.98. The molecule has 0 aromatic carbocycles. The minimum absolute atomic E-state index is 0.388. The number of aliphatic hydroxyl groups is 1. The molecule has 0 aliphatic carbocycles. The zero-order valence-electron chi connectivity index (χ0n) is 8.57. The summed E-state index contributed by atoms with van der Waals surface area (Å²) in [5, 5.41) is 9.47. The Hall–Kier alpha value is -0.630. The van der Waals surface area contributed by atoms with Gasteiger partial charge < -0.3 is 9.90 Å². The quantitative estimate of drug-likeness (QED) is 0.487. The number of allylic oxidation sites excluding steroid dienone is 1. The molecule has 0 bridgehead atoms. The van der Waals surface area contributed by atoms with Crippen molar-refractivity contribution in [2.75, 3.05) is 0 Å². The highest BCUT2D eigenvalue weighted by molar-refractivity contribution is 5.51. The van der Waals surface area contributed by atoms with E-state index in [0.29, 0.717) is 12.3 Å². The molecule has 0 amide bonds. The fourth-order valence-electron chi connectivity index (χ4n) is 1.39. The van der Waals surface area contributed by atoms with Gasteiger partial charge in [0.05, 0.1) is 6.10 Å². The monoisotopic (exact) mass is 184 g/mol. The Morgan fingerprint density at radius 3 is 2.69 bits per heavy atom. The molecule has 2 heteroatoms. The average molecular weight is 184 g/mol. The molecule has 0 radical (unpaired) electrons.